The fraction of sp³-hybridized carbons (Fsp3) is 0.200. The van der Waals surface area contributed by atoms with Crippen molar-refractivity contribution in [2.24, 2.45) is 5.16 Å². The maximum atomic E-state index is 12.8. The first-order valence-electron chi connectivity index (χ1n) is 9.53. The van der Waals surface area contributed by atoms with Crippen molar-refractivity contribution in [1.82, 2.24) is 20.2 Å². The number of thiazole rings is 1. The zero-order valence-electron chi connectivity index (χ0n) is 17.2. The molecule has 0 saturated carbocycles. The SMILES string of the molecule is CON=C(C(=O)NC1C(=O)N2C(C(=O)O)=C(C=Cc3cccnc3)CS[C@H]12)c1csc(N)n1. The van der Waals surface area contributed by atoms with E-state index in [0.29, 0.717) is 11.3 Å². The molecule has 0 aliphatic carbocycles. The Morgan fingerprint density at radius 2 is 2.24 bits per heavy atom. The zero-order chi connectivity index (χ0) is 23.5. The number of amides is 2. The van der Waals surface area contributed by atoms with Gasteiger partial charge < -0.3 is 21.0 Å². The quantitative estimate of drug-likeness (QED) is 0.294. The van der Waals surface area contributed by atoms with Gasteiger partial charge in [0.1, 0.15) is 29.9 Å². The van der Waals surface area contributed by atoms with Crippen LogP contribution in [0.5, 0.6) is 0 Å². The molecule has 0 radical (unpaired) electrons. The second kappa shape index (κ2) is 9.42. The molecule has 1 saturated heterocycles. The van der Waals surface area contributed by atoms with Crippen LogP contribution >= 0.6 is 23.1 Å². The zero-order valence-corrected chi connectivity index (χ0v) is 18.8. The Bertz CT molecular complexity index is 1190. The Morgan fingerprint density at radius 1 is 1.42 bits per heavy atom. The van der Waals surface area contributed by atoms with Crippen molar-refractivity contribution in [3.63, 3.8) is 0 Å². The van der Waals surface area contributed by atoms with Crippen molar-refractivity contribution >= 4 is 57.8 Å². The number of nitrogens with zero attached hydrogens (tertiary/aromatic N) is 4. The second-order valence-corrected chi connectivity index (χ2v) is 8.85. The van der Waals surface area contributed by atoms with Crippen molar-refractivity contribution in [3.8, 4) is 0 Å². The Balaban J connectivity index is 1.53. The van der Waals surface area contributed by atoms with Crippen LogP contribution < -0.4 is 11.1 Å². The summed E-state index contributed by atoms with van der Waals surface area (Å²) in [5.41, 5.74) is 6.89. The Hall–Kier alpha value is -3.71. The Morgan fingerprint density at radius 3 is 2.88 bits per heavy atom. The largest absolute Gasteiger partial charge is 0.477 e. The maximum absolute atomic E-state index is 12.8. The smallest absolute Gasteiger partial charge is 0.352 e. The summed E-state index contributed by atoms with van der Waals surface area (Å²) in [6.45, 7) is 0. The molecule has 4 heterocycles. The molecule has 33 heavy (non-hydrogen) atoms. The van der Waals surface area contributed by atoms with Crippen LogP contribution in [0.15, 0.2) is 52.4 Å². The van der Waals surface area contributed by atoms with E-state index in [0.717, 1.165) is 16.9 Å². The third-order valence-electron chi connectivity index (χ3n) is 4.81. The molecule has 0 aromatic carbocycles. The number of fused-ring (bicyclic) bond motifs is 1. The first kappa shape index (κ1) is 22.5. The fourth-order valence-corrected chi connectivity index (χ4v) is 5.21. The Kier molecular flexibility index (Phi) is 6.42. The number of allylic oxidation sites excluding steroid dienone is 1. The topological polar surface area (TPSA) is 160 Å². The van der Waals surface area contributed by atoms with Crippen LogP contribution in [0.4, 0.5) is 5.13 Å². The van der Waals surface area contributed by atoms with Crippen LogP contribution in [0.1, 0.15) is 11.3 Å². The number of carboxylic acid groups (broad SMARTS) is 1. The molecule has 170 valence electrons. The van der Waals surface area contributed by atoms with Crippen molar-refractivity contribution in [1.29, 1.82) is 0 Å². The molecule has 1 fully saturated rings. The van der Waals surface area contributed by atoms with E-state index >= 15 is 0 Å². The van der Waals surface area contributed by atoms with Gasteiger partial charge in [0.05, 0.1) is 0 Å². The van der Waals surface area contributed by atoms with E-state index in [9.17, 15) is 19.5 Å². The number of carbonyl (C=O) groups is 3. The summed E-state index contributed by atoms with van der Waals surface area (Å²) in [6, 6.07) is 2.68. The van der Waals surface area contributed by atoms with Crippen LogP contribution in [0, 0.1) is 0 Å². The van der Waals surface area contributed by atoms with E-state index in [-0.39, 0.29) is 22.2 Å². The van der Waals surface area contributed by atoms with Crippen molar-refractivity contribution in [2.75, 3.05) is 18.6 Å². The van der Waals surface area contributed by atoms with Crippen LogP contribution in [0.25, 0.3) is 6.08 Å². The predicted octanol–water partition coefficient (Wildman–Crippen LogP) is 0.923. The van der Waals surface area contributed by atoms with E-state index in [2.05, 4.69) is 20.4 Å². The van der Waals surface area contributed by atoms with Gasteiger partial charge in [0.25, 0.3) is 11.8 Å². The molecule has 2 amide bonds. The normalized spacial score (nSPS) is 20.5. The van der Waals surface area contributed by atoms with Gasteiger partial charge in [0.2, 0.25) is 0 Å². The monoisotopic (exact) mass is 486 g/mol. The van der Waals surface area contributed by atoms with Gasteiger partial charge in [-0.25, -0.2) is 9.78 Å². The van der Waals surface area contributed by atoms with Gasteiger partial charge >= 0.3 is 5.97 Å². The molecule has 1 unspecified atom stereocenters. The number of carboxylic acids is 1. The predicted molar refractivity (Wildman–Crippen MR) is 123 cm³/mol. The number of hydrogen-bond donors (Lipinski definition) is 3. The van der Waals surface area contributed by atoms with Gasteiger partial charge in [-0.05, 0) is 17.2 Å². The highest BCUT2D eigenvalue weighted by atomic mass is 32.2. The highest BCUT2D eigenvalue weighted by molar-refractivity contribution is 8.00. The minimum atomic E-state index is -1.22. The molecule has 13 heteroatoms. The van der Waals surface area contributed by atoms with Gasteiger partial charge in [-0.3, -0.25) is 19.5 Å². The van der Waals surface area contributed by atoms with Gasteiger partial charge in [0, 0.05) is 23.5 Å². The number of rotatable bonds is 7. The molecule has 2 aliphatic heterocycles. The molecule has 4 N–H and O–H groups in total. The van der Waals surface area contributed by atoms with Crippen molar-refractivity contribution in [2.45, 2.75) is 11.4 Å². The minimum absolute atomic E-state index is 0.104. The summed E-state index contributed by atoms with van der Waals surface area (Å²) in [5.74, 6) is -2.08. The maximum Gasteiger partial charge on any atom is 0.352 e. The van der Waals surface area contributed by atoms with E-state index in [4.69, 9.17) is 10.6 Å². The molecule has 11 nitrogen and oxygen atoms in total. The number of carbonyl (C=O) groups excluding carboxylic acids is 2. The number of aromatic nitrogens is 2. The highest BCUT2D eigenvalue weighted by Gasteiger charge is 2.54. The number of nitrogens with one attached hydrogen (secondary N) is 1. The first-order chi connectivity index (χ1) is 15.9. The number of oxime groups is 1. The summed E-state index contributed by atoms with van der Waals surface area (Å²) >= 11 is 2.48. The molecule has 2 aliphatic rings. The van der Waals surface area contributed by atoms with Gasteiger partial charge in [-0.15, -0.1) is 23.1 Å². The minimum Gasteiger partial charge on any atom is -0.477 e. The lowest BCUT2D eigenvalue weighted by molar-refractivity contribution is -0.150. The third kappa shape index (κ3) is 4.45. The number of pyridine rings is 1. The summed E-state index contributed by atoms with van der Waals surface area (Å²) in [6.07, 6.45) is 6.69. The molecule has 0 bridgehead atoms. The van der Waals surface area contributed by atoms with Crippen LogP contribution in [0.2, 0.25) is 0 Å². The van der Waals surface area contributed by atoms with Gasteiger partial charge in [0.15, 0.2) is 10.8 Å². The van der Waals surface area contributed by atoms with E-state index in [1.807, 2.05) is 6.07 Å². The van der Waals surface area contributed by atoms with Gasteiger partial charge in [-0.2, -0.15) is 0 Å². The number of hydrogen-bond acceptors (Lipinski definition) is 10. The summed E-state index contributed by atoms with van der Waals surface area (Å²) in [4.78, 5) is 51.6. The average molecular weight is 487 g/mol. The fourth-order valence-electron chi connectivity index (χ4n) is 3.34. The third-order valence-corrected chi connectivity index (χ3v) is 6.79. The highest BCUT2D eigenvalue weighted by Crippen LogP contribution is 2.40. The van der Waals surface area contributed by atoms with E-state index < -0.39 is 29.2 Å². The van der Waals surface area contributed by atoms with Crippen molar-refractivity contribution < 1.29 is 24.3 Å². The van der Waals surface area contributed by atoms with Crippen LogP contribution in [-0.4, -0.2) is 67.7 Å². The van der Waals surface area contributed by atoms with Crippen LogP contribution in [0.3, 0.4) is 0 Å². The molecule has 2 aromatic heterocycles. The van der Waals surface area contributed by atoms with Crippen molar-refractivity contribution in [3.05, 3.63) is 58.5 Å². The number of nitrogen functional groups attached to an aromatic ring is 1. The standard InChI is InChI=1S/C20H18N6O5S2/c1-31-25-13(12-9-33-20(21)23-12)16(27)24-14-17(28)26-15(19(29)30)11(8-32-18(14)26)5-4-10-3-2-6-22-7-10/h2-7,9,14,18H,8H2,1H3,(H2,21,23)(H,24,27)(H,29,30)/t14?,18-/m1/s1. The average Bonchev–Trinajstić information content (AvgIpc) is 3.25. The molecule has 4 rings (SSSR count). The number of β-lactam (4-membered cyclic amide) rings is 1. The lowest BCUT2D eigenvalue weighted by Gasteiger charge is -2.49. The molecular formula is C20H18N6O5S2. The lowest BCUT2D eigenvalue weighted by Crippen LogP contribution is -2.71. The van der Waals surface area contributed by atoms with Crippen LogP contribution in [-0.2, 0) is 19.2 Å². The van der Waals surface area contributed by atoms with E-state index in [1.165, 1.54) is 23.8 Å². The molecule has 2 aromatic rings. The second-order valence-electron chi connectivity index (χ2n) is 6.85. The number of anilines is 1. The number of aliphatic carboxylic acids is 1. The number of thioether (sulfide) groups is 1. The Labute approximate surface area is 196 Å². The first-order valence-corrected chi connectivity index (χ1v) is 11.5. The summed E-state index contributed by atoms with van der Waals surface area (Å²) < 4.78 is 0. The van der Waals surface area contributed by atoms with Gasteiger partial charge in [-0.1, -0.05) is 23.4 Å². The summed E-state index contributed by atoms with van der Waals surface area (Å²) in [7, 11) is 1.28. The molecule has 0 spiro atoms. The number of nitrogens with two attached hydrogens (primary N) is 1. The summed E-state index contributed by atoms with van der Waals surface area (Å²) in [5, 5.41) is 17.3. The lowest BCUT2D eigenvalue weighted by atomic mass is 10.0. The van der Waals surface area contributed by atoms with E-state index in [1.54, 1.807) is 36.0 Å². The molecular weight excluding hydrogens is 468 g/mol. The molecule has 2 atom stereocenters.